The van der Waals surface area contributed by atoms with Crippen LogP contribution in [0, 0.1) is 5.92 Å². The van der Waals surface area contributed by atoms with Crippen LogP contribution in [0.4, 0.5) is 0 Å². The summed E-state index contributed by atoms with van der Waals surface area (Å²) >= 11 is 0. The molecule has 1 saturated heterocycles. The van der Waals surface area contributed by atoms with Crippen molar-refractivity contribution in [3.05, 3.63) is 47.2 Å². The summed E-state index contributed by atoms with van der Waals surface area (Å²) in [5, 5.41) is 69.1. The zero-order chi connectivity index (χ0) is 28.9. The fourth-order valence-electron chi connectivity index (χ4n) is 4.17. The molecule has 1 fully saturated rings. The van der Waals surface area contributed by atoms with Crippen LogP contribution in [0.3, 0.4) is 0 Å². The number of benzene rings is 1. The minimum atomic E-state index is -1.72. The Morgan fingerprint density at radius 1 is 1.10 bits per heavy atom. The molecule has 7 N–H and O–H groups in total. The number of methoxy groups -OCH3 is 1. The van der Waals surface area contributed by atoms with Crippen molar-refractivity contribution in [2.24, 2.45) is 5.92 Å². The van der Waals surface area contributed by atoms with Crippen molar-refractivity contribution < 1.29 is 69.0 Å². The zero-order valence-electron chi connectivity index (χ0n) is 21.1. The van der Waals surface area contributed by atoms with E-state index in [4.69, 9.17) is 23.7 Å². The average Bonchev–Trinajstić information content (AvgIpc) is 2.93. The van der Waals surface area contributed by atoms with Crippen LogP contribution in [0.25, 0.3) is 0 Å². The number of phenols is 2. The van der Waals surface area contributed by atoms with Gasteiger partial charge >= 0.3 is 11.9 Å². The average molecular weight is 557 g/mol. The standard InChI is InChI=1S/C25H32O14/c1-3-12-13(7-19(30)36-10-17(29)11-4-5-15(27)16(28)6-11)14(23(34)35-2)9-37-24(12)39-25-22(33)21(32)20(31)18(8-26)38-25/h3-6,9,13,17-18,20-22,24-29,31-33H,7-8,10H2,1-2H3/b12-3-/t13-,17+,18+,20+,21-,22+,24-,25-/m0/s1. The van der Waals surface area contributed by atoms with Crippen LogP contribution in [0.2, 0.25) is 0 Å². The van der Waals surface area contributed by atoms with Gasteiger partial charge in [0.05, 0.1) is 32.0 Å². The molecule has 2 heterocycles. The van der Waals surface area contributed by atoms with Crippen molar-refractivity contribution in [1.29, 1.82) is 0 Å². The second-order valence-corrected chi connectivity index (χ2v) is 8.86. The molecular formula is C25H32O14. The first kappa shape index (κ1) is 30.3. The minimum Gasteiger partial charge on any atom is -0.504 e. The number of allylic oxidation sites excluding steroid dienone is 1. The highest BCUT2D eigenvalue weighted by Gasteiger charge is 2.46. The van der Waals surface area contributed by atoms with Crippen LogP contribution in [0.5, 0.6) is 11.5 Å². The van der Waals surface area contributed by atoms with Gasteiger partial charge in [-0.15, -0.1) is 0 Å². The number of carbonyl (C=O) groups is 2. The number of hydrogen-bond acceptors (Lipinski definition) is 14. The van der Waals surface area contributed by atoms with Gasteiger partial charge in [-0.05, 0) is 24.6 Å². The molecule has 3 rings (SSSR count). The van der Waals surface area contributed by atoms with Crippen molar-refractivity contribution in [2.75, 3.05) is 20.3 Å². The van der Waals surface area contributed by atoms with Crippen LogP contribution in [0.15, 0.2) is 41.7 Å². The summed E-state index contributed by atoms with van der Waals surface area (Å²) in [7, 11) is 1.13. The fourth-order valence-corrected chi connectivity index (χ4v) is 4.17. The van der Waals surface area contributed by atoms with E-state index in [1.807, 2.05) is 0 Å². The Kier molecular flexibility index (Phi) is 10.3. The normalized spacial score (nSPS) is 30.7. The lowest BCUT2D eigenvalue weighted by Gasteiger charge is -2.41. The van der Waals surface area contributed by atoms with Crippen LogP contribution >= 0.6 is 0 Å². The van der Waals surface area contributed by atoms with E-state index < -0.39 is 86.3 Å². The van der Waals surface area contributed by atoms with Gasteiger partial charge in [-0.25, -0.2) is 4.79 Å². The summed E-state index contributed by atoms with van der Waals surface area (Å²) in [6.07, 6.45) is -8.39. The Balaban J connectivity index is 1.74. The number of hydrogen-bond donors (Lipinski definition) is 7. The summed E-state index contributed by atoms with van der Waals surface area (Å²) < 4.78 is 26.5. The second kappa shape index (κ2) is 13.2. The molecule has 216 valence electrons. The first-order valence-electron chi connectivity index (χ1n) is 11.9. The second-order valence-electron chi connectivity index (χ2n) is 8.86. The molecule has 0 radical (unpaired) electrons. The first-order valence-corrected chi connectivity index (χ1v) is 11.9. The van der Waals surface area contributed by atoms with Gasteiger partial charge in [0.1, 0.15) is 37.1 Å². The summed E-state index contributed by atoms with van der Waals surface area (Å²) in [6.45, 7) is 0.394. The fraction of sp³-hybridized carbons (Fsp3) is 0.520. The molecule has 1 aromatic rings. The first-order chi connectivity index (χ1) is 18.5. The number of carbonyl (C=O) groups excluding carboxylic acids is 2. The van der Waals surface area contributed by atoms with Gasteiger partial charge in [0.2, 0.25) is 6.29 Å². The number of esters is 2. The molecule has 2 aliphatic heterocycles. The van der Waals surface area contributed by atoms with E-state index >= 15 is 0 Å². The number of phenolic OH excluding ortho intramolecular Hbond substituents is 2. The van der Waals surface area contributed by atoms with Gasteiger partial charge in [0, 0.05) is 11.5 Å². The highest BCUT2D eigenvalue weighted by Crippen LogP contribution is 2.36. The SMILES string of the molecule is C/C=C1\[C@H](O[C@@H]2O[C@H](CO)[C@@H](O)[C@H](O)[C@H]2O)OC=C(C(=O)OC)[C@H]1CC(=O)OC[C@@H](O)c1ccc(O)c(O)c1. The third-order valence-electron chi connectivity index (χ3n) is 6.39. The van der Waals surface area contributed by atoms with E-state index in [0.29, 0.717) is 0 Å². The van der Waals surface area contributed by atoms with Gasteiger partial charge in [-0.3, -0.25) is 4.79 Å². The quantitative estimate of drug-likeness (QED) is 0.109. The van der Waals surface area contributed by atoms with E-state index in [1.165, 1.54) is 18.2 Å². The molecular weight excluding hydrogens is 524 g/mol. The summed E-state index contributed by atoms with van der Waals surface area (Å²) in [5.41, 5.74) is 0.359. The van der Waals surface area contributed by atoms with Crippen LogP contribution in [0.1, 0.15) is 25.0 Å². The lowest BCUT2D eigenvalue weighted by atomic mass is 9.86. The van der Waals surface area contributed by atoms with Crippen LogP contribution in [-0.4, -0.2) is 105 Å². The summed E-state index contributed by atoms with van der Waals surface area (Å²) in [4.78, 5) is 25.1. The Morgan fingerprint density at radius 2 is 1.82 bits per heavy atom. The Morgan fingerprint density at radius 3 is 2.44 bits per heavy atom. The Bertz CT molecular complexity index is 1080. The molecule has 14 nitrogen and oxygen atoms in total. The Labute approximate surface area is 222 Å². The molecule has 0 spiro atoms. The third kappa shape index (κ3) is 6.86. The molecule has 0 unspecified atom stereocenters. The lowest BCUT2D eigenvalue weighted by molar-refractivity contribution is -0.327. The third-order valence-corrected chi connectivity index (χ3v) is 6.39. The number of aromatic hydroxyl groups is 2. The molecule has 0 bridgehead atoms. The predicted octanol–water partition coefficient (Wildman–Crippen LogP) is -1.14. The number of aliphatic hydroxyl groups excluding tert-OH is 5. The molecule has 8 atom stereocenters. The molecule has 39 heavy (non-hydrogen) atoms. The molecule has 0 saturated carbocycles. The predicted molar refractivity (Wildman–Crippen MR) is 127 cm³/mol. The number of aliphatic hydroxyl groups is 5. The van der Waals surface area contributed by atoms with Gasteiger partial charge in [-0.1, -0.05) is 12.1 Å². The molecule has 0 aromatic heterocycles. The molecule has 1 aromatic carbocycles. The van der Waals surface area contributed by atoms with Gasteiger partial charge < -0.3 is 59.4 Å². The minimum absolute atomic E-state index is 0.0554. The highest BCUT2D eigenvalue weighted by atomic mass is 16.8. The van der Waals surface area contributed by atoms with Crippen molar-refractivity contribution in [1.82, 2.24) is 0 Å². The summed E-state index contributed by atoms with van der Waals surface area (Å²) in [6, 6.07) is 3.62. The molecule has 0 amide bonds. The van der Waals surface area contributed by atoms with Gasteiger partial charge in [0.25, 0.3) is 0 Å². The van der Waals surface area contributed by atoms with Crippen molar-refractivity contribution in [3.63, 3.8) is 0 Å². The van der Waals surface area contributed by atoms with Crippen LogP contribution in [-0.2, 0) is 33.3 Å². The maximum Gasteiger partial charge on any atom is 0.337 e. The van der Waals surface area contributed by atoms with E-state index in [0.717, 1.165) is 19.4 Å². The monoisotopic (exact) mass is 556 g/mol. The van der Waals surface area contributed by atoms with Crippen molar-refractivity contribution in [2.45, 2.75) is 56.4 Å². The molecule has 14 heteroatoms. The topological polar surface area (TPSA) is 222 Å². The van der Waals surface area contributed by atoms with E-state index in [9.17, 15) is 45.3 Å². The maximum absolute atomic E-state index is 12.7. The van der Waals surface area contributed by atoms with Crippen molar-refractivity contribution in [3.8, 4) is 11.5 Å². The Hall–Kier alpha value is -3.24. The molecule has 2 aliphatic rings. The number of ether oxygens (including phenoxy) is 5. The van der Waals surface area contributed by atoms with Gasteiger partial charge in [0.15, 0.2) is 17.8 Å². The number of rotatable bonds is 9. The largest absolute Gasteiger partial charge is 0.504 e. The summed E-state index contributed by atoms with van der Waals surface area (Å²) in [5.74, 6) is -3.48. The van der Waals surface area contributed by atoms with Gasteiger partial charge in [-0.2, -0.15) is 0 Å². The van der Waals surface area contributed by atoms with Crippen molar-refractivity contribution >= 4 is 11.9 Å². The van der Waals surface area contributed by atoms with Crippen LogP contribution < -0.4 is 0 Å². The maximum atomic E-state index is 12.7. The van der Waals surface area contributed by atoms with E-state index in [2.05, 4.69) is 0 Å². The highest BCUT2D eigenvalue weighted by molar-refractivity contribution is 5.90. The zero-order valence-corrected chi connectivity index (χ0v) is 21.1. The smallest absolute Gasteiger partial charge is 0.337 e. The van der Waals surface area contributed by atoms with E-state index in [-0.39, 0.29) is 22.5 Å². The lowest BCUT2D eigenvalue weighted by Crippen LogP contribution is -2.60. The van der Waals surface area contributed by atoms with E-state index in [1.54, 1.807) is 6.92 Å². The molecule has 0 aliphatic carbocycles.